The van der Waals surface area contributed by atoms with Gasteiger partial charge in [-0.1, -0.05) is 25.5 Å². The first-order chi connectivity index (χ1) is 11.5. The normalized spacial score (nSPS) is 29.8. The summed E-state index contributed by atoms with van der Waals surface area (Å²) in [6, 6.07) is 9.39. The topological polar surface area (TPSA) is 64.4 Å². The summed E-state index contributed by atoms with van der Waals surface area (Å²) in [5.74, 6) is -0.639. The number of carbonyl (C=O) groups excluding carboxylic acids is 2. The van der Waals surface area contributed by atoms with Gasteiger partial charge in [-0.15, -0.1) is 0 Å². The van der Waals surface area contributed by atoms with Crippen LogP contribution < -0.4 is 0 Å². The summed E-state index contributed by atoms with van der Waals surface area (Å²) in [6.07, 6.45) is 1.81. The number of nitriles is 1. The second-order valence-corrected chi connectivity index (χ2v) is 6.82. The van der Waals surface area contributed by atoms with Crippen LogP contribution in [0.25, 0.3) is 0 Å². The van der Waals surface area contributed by atoms with Gasteiger partial charge in [0.2, 0.25) is 11.8 Å². The van der Waals surface area contributed by atoms with E-state index in [1.165, 1.54) is 4.90 Å². The predicted octanol–water partition coefficient (Wildman–Crippen LogP) is 2.33. The van der Waals surface area contributed by atoms with E-state index in [1.54, 1.807) is 12.1 Å². The molecule has 2 heterocycles. The third-order valence-corrected chi connectivity index (χ3v) is 5.55. The van der Waals surface area contributed by atoms with Crippen molar-refractivity contribution in [3.05, 3.63) is 35.4 Å². The third kappa shape index (κ3) is 2.42. The van der Waals surface area contributed by atoms with E-state index >= 15 is 0 Å². The Hall–Kier alpha value is -2.19. The van der Waals surface area contributed by atoms with Crippen LogP contribution in [0.1, 0.15) is 43.9 Å². The summed E-state index contributed by atoms with van der Waals surface area (Å²) in [6.45, 7) is 4.61. The number of hydrogen-bond donors (Lipinski definition) is 0. The number of fused-ring (bicyclic) bond motifs is 1. The van der Waals surface area contributed by atoms with Crippen LogP contribution in [0.3, 0.4) is 0 Å². The van der Waals surface area contributed by atoms with Gasteiger partial charge < -0.3 is 0 Å². The second kappa shape index (κ2) is 6.37. The van der Waals surface area contributed by atoms with E-state index in [1.807, 2.05) is 26.1 Å². The highest BCUT2D eigenvalue weighted by molar-refractivity contribution is 6.06. The van der Waals surface area contributed by atoms with Gasteiger partial charge in [0, 0.05) is 18.6 Å². The summed E-state index contributed by atoms with van der Waals surface area (Å²) in [5, 5.41) is 8.97. The van der Waals surface area contributed by atoms with Gasteiger partial charge in [0.1, 0.15) is 0 Å². The minimum absolute atomic E-state index is 0.0195. The van der Waals surface area contributed by atoms with Crippen LogP contribution in [-0.4, -0.2) is 41.2 Å². The van der Waals surface area contributed by atoms with Crippen LogP contribution in [0.5, 0.6) is 0 Å². The lowest BCUT2D eigenvalue weighted by molar-refractivity contribution is -0.141. The van der Waals surface area contributed by atoms with Crippen molar-refractivity contribution in [2.45, 2.75) is 38.8 Å². The van der Waals surface area contributed by atoms with E-state index in [-0.39, 0.29) is 35.7 Å². The molecule has 3 rings (SSSR count). The van der Waals surface area contributed by atoms with Crippen LogP contribution >= 0.6 is 0 Å². The van der Waals surface area contributed by atoms with Crippen LogP contribution in [0.2, 0.25) is 0 Å². The van der Waals surface area contributed by atoms with Gasteiger partial charge in [0.05, 0.1) is 23.5 Å². The van der Waals surface area contributed by atoms with Crippen LogP contribution in [0, 0.1) is 23.2 Å². The molecule has 2 aliphatic heterocycles. The molecule has 2 aliphatic rings. The first-order valence-corrected chi connectivity index (χ1v) is 8.58. The number of unbranched alkanes of at least 4 members (excludes halogenated alkanes) is 1. The minimum Gasteiger partial charge on any atom is -0.295 e. The standard InChI is InChI=1S/C19H23N3O2/c1-4-5-10-22-18(23)15-12(2)21(3)17(16(15)19(22)24)14-8-6-13(11-20)7-9-14/h6-9,12,15-17H,4-5,10H2,1-3H3/t12-,15-,16-,17-/m0/s1. The first-order valence-electron chi connectivity index (χ1n) is 8.58. The Morgan fingerprint density at radius 2 is 1.75 bits per heavy atom. The molecule has 2 fully saturated rings. The molecular formula is C19H23N3O2. The first kappa shape index (κ1) is 16.7. The van der Waals surface area contributed by atoms with Crippen molar-refractivity contribution in [2.24, 2.45) is 11.8 Å². The van der Waals surface area contributed by atoms with Crippen molar-refractivity contribution in [3.8, 4) is 6.07 Å². The molecule has 0 aromatic heterocycles. The number of carbonyl (C=O) groups is 2. The van der Waals surface area contributed by atoms with Gasteiger partial charge in [-0.3, -0.25) is 19.4 Å². The Balaban J connectivity index is 1.94. The van der Waals surface area contributed by atoms with E-state index in [0.717, 1.165) is 18.4 Å². The van der Waals surface area contributed by atoms with Gasteiger partial charge in [-0.2, -0.15) is 5.26 Å². The Morgan fingerprint density at radius 1 is 1.12 bits per heavy atom. The summed E-state index contributed by atoms with van der Waals surface area (Å²) in [5.41, 5.74) is 1.59. The van der Waals surface area contributed by atoms with E-state index in [0.29, 0.717) is 12.1 Å². The Kier molecular flexibility index (Phi) is 4.42. The number of amides is 2. The number of likely N-dealkylation sites (tertiary alicyclic amines) is 2. The summed E-state index contributed by atoms with van der Waals surface area (Å²) >= 11 is 0. The highest BCUT2D eigenvalue weighted by atomic mass is 16.2. The Labute approximate surface area is 142 Å². The number of benzene rings is 1. The lowest BCUT2D eigenvalue weighted by Crippen LogP contribution is -2.39. The molecule has 2 amide bonds. The number of nitrogens with zero attached hydrogens (tertiary/aromatic N) is 3. The number of rotatable bonds is 4. The average Bonchev–Trinajstić information content (AvgIpc) is 2.99. The highest BCUT2D eigenvalue weighted by Gasteiger charge is 2.59. The largest absolute Gasteiger partial charge is 0.295 e. The molecule has 0 N–H and O–H groups in total. The summed E-state index contributed by atoms with van der Waals surface area (Å²) < 4.78 is 0. The molecule has 5 heteroatoms. The van der Waals surface area contributed by atoms with Crippen molar-refractivity contribution < 1.29 is 9.59 Å². The lowest BCUT2D eigenvalue weighted by atomic mass is 9.87. The maximum absolute atomic E-state index is 12.9. The fourth-order valence-corrected chi connectivity index (χ4v) is 4.11. The molecule has 1 aromatic rings. The lowest BCUT2D eigenvalue weighted by Gasteiger charge is -2.28. The van der Waals surface area contributed by atoms with Crippen molar-refractivity contribution in [1.29, 1.82) is 5.26 Å². The average molecular weight is 325 g/mol. The van der Waals surface area contributed by atoms with E-state index in [4.69, 9.17) is 5.26 Å². The Bertz CT molecular complexity index is 692. The van der Waals surface area contributed by atoms with Crippen LogP contribution in [-0.2, 0) is 9.59 Å². The van der Waals surface area contributed by atoms with Crippen molar-refractivity contribution in [3.63, 3.8) is 0 Å². The van der Waals surface area contributed by atoms with Crippen molar-refractivity contribution >= 4 is 11.8 Å². The Morgan fingerprint density at radius 3 is 2.33 bits per heavy atom. The molecule has 126 valence electrons. The fraction of sp³-hybridized carbons (Fsp3) is 0.526. The van der Waals surface area contributed by atoms with Gasteiger partial charge in [-0.25, -0.2) is 0 Å². The quantitative estimate of drug-likeness (QED) is 0.797. The molecule has 1 aromatic carbocycles. The van der Waals surface area contributed by atoms with Crippen LogP contribution in [0.4, 0.5) is 0 Å². The molecule has 2 saturated heterocycles. The van der Waals surface area contributed by atoms with Gasteiger partial charge in [0.25, 0.3) is 0 Å². The SMILES string of the molecule is CCCCN1C(=O)[C@@H]2[C@H](C1=O)[C@H](c1ccc(C#N)cc1)N(C)[C@H]2C. The number of imide groups is 1. The van der Waals surface area contributed by atoms with Crippen LogP contribution in [0.15, 0.2) is 24.3 Å². The molecular weight excluding hydrogens is 302 g/mol. The van der Waals surface area contributed by atoms with Gasteiger partial charge in [-0.05, 0) is 38.1 Å². The molecule has 0 unspecified atom stereocenters. The van der Waals surface area contributed by atoms with E-state index < -0.39 is 0 Å². The molecule has 0 radical (unpaired) electrons. The van der Waals surface area contributed by atoms with Gasteiger partial charge >= 0.3 is 0 Å². The zero-order valence-corrected chi connectivity index (χ0v) is 14.4. The zero-order chi connectivity index (χ0) is 17.4. The number of hydrogen-bond acceptors (Lipinski definition) is 4. The van der Waals surface area contributed by atoms with E-state index in [2.05, 4.69) is 17.9 Å². The monoisotopic (exact) mass is 325 g/mol. The predicted molar refractivity (Wildman–Crippen MR) is 89.7 cm³/mol. The van der Waals surface area contributed by atoms with Crippen molar-refractivity contribution in [2.75, 3.05) is 13.6 Å². The molecule has 0 aliphatic carbocycles. The molecule has 0 bridgehead atoms. The van der Waals surface area contributed by atoms with Gasteiger partial charge in [0.15, 0.2) is 0 Å². The third-order valence-electron chi connectivity index (χ3n) is 5.55. The maximum atomic E-state index is 12.9. The molecule has 0 saturated carbocycles. The minimum atomic E-state index is -0.317. The zero-order valence-electron chi connectivity index (χ0n) is 14.4. The summed E-state index contributed by atoms with van der Waals surface area (Å²) in [4.78, 5) is 29.3. The smallest absolute Gasteiger partial charge is 0.235 e. The molecule has 4 atom stereocenters. The van der Waals surface area contributed by atoms with E-state index in [9.17, 15) is 9.59 Å². The fourth-order valence-electron chi connectivity index (χ4n) is 4.11. The molecule has 24 heavy (non-hydrogen) atoms. The molecule has 5 nitrogen and oxygen atoms in total. The maximum Gasteiger partial charge on any atom is 0.235 e. The molecule has 0 spiro atoms. The summed E-state index contributed by atoms with van der Waals surface area (Å²) in [7, 11) is 1.98. The van der Waals surface area contributed by atoms with Crippen molar-refractivity contribution in [1.82, 2.24) is 9.80 Å². The highest BCUT2D eigenvalue weighted by Crippen LogP contribution is 2.48. The second-order valence-electron chi connectivity index (χ2n) is 6.82.